The van der Waals surface area contributed by atoms with Crippen LogP contribution in [0, 0.1) is 17.8 Å². The summed E-state index contributed by atoms with van der Waals surface area (Å²) in [5.74, 6) is -10.3. The fourth-order valence-corrected chi connectivity index (χ4v) is 14.7. The molecule has 18 atom stereocenters. The van der Waals surface area contributed by atoms with E-state index < -0.39 is 250 Å². The van der Waals surface area contributed by atoms with E-state index in [4.69, 9.17) is 63.1 Å². The van der Waals surface area contributed by atoms with Gasteiger partial charge in [0.25, 0.3) is 0 Å². The lowest BCUT2D eigenvalue weighted by molar-refractivity contribution is -0.333. The first-order valence-corrected chi connectivity index (χ1v) is 38.3. The van der Waals surface area contributed by atoms with Gasteiger partial charge in [-0.05, 0) is 152 Å². The number of ether oxygens (including phenoxy) is 6. The van der Waals surface area contributed by atoms with E-state index in [1.165, 1.54) is 33.0 Å². The third-order valence-electron chi connectivity index (χ3n) is 20.5. The Morgan fingerprint density at radius 3 is 1.90 bits per heavy atom. The van der Waals surface area contributed by atoms with Gasteiger partial charge < -0.3 is 134 Å². The molecule has 628 valence electrons. The van der Waals surface area contributed by atoms with Crippen LogP contribution in [0.5, 0.6) is 46.0 Å². The summed E-state index contributed by atoms with van der Waals surface area (Å²) in [6.45, 7) is 4.83. The van der Waals surface area contributed by atoms with Gasteiger partial charge in [0.2, 0.25) is 65.2 Å². The van der Waals surface area contributed by atoms with Crippen LogP contribution in [-0.2, 0) is 57.4 Å². The number of aromatic hydroxyl groups is 3. The van der Waals surface area contributed by atoms with E-state index in [9.17, 15) is 69.9 Å². The largest absolute Gasteiger partial charge is 0.508 e. The summed E-state index contributed by atoms with van der Waals surface area (Å²) in [5.41, 5.74) is 9.76. The molecule has 22 N–H and O–H groups in total. The van der Waals surface area contributed by atoms with E-state index in [0.29, 0.717) is 5.56 Å². The second kappa shape index (κ2) is 36.6. The number of nitrogens with two attached hydrogens (primary N) is 2. The average molecular weight is 1680 g/mol. The predicted molar refractivity (Wildman–Crippen MR) is 422 cm³/mol. The molecule has 7 heterocycles. The number of amides is 9. The van der Waals surface area contributed by atoms with Crippen molar-refractivity contribution in [1.29, 1.82) is 0 Å². The van der Waals surface area contributed by atoms with Crippen LogP contribution >= 0.6 is 23.2 Å². The van der Waals surface area contributed by atoms with Gasteiger partial charge >= 0.3 is 0 Å². The summed E-state index contributed by atoms with van der Waals surface area (Å²) in [4.78, 5) is 134. The molecule has 37 heteroatoms. The second-order valence-electron chi connectivity index (χ2n) is 29.8. The molecule has 7 aliphatic rings. The van der Waals surface area contributed by atoms with Crippen molar-refractivity contribution in [2.75, 3.05) is 25.5 Å². The number of aliphatic hydroxyl groups excluding tert-OH is 6. The molecule has 0 aromatic heterocycles. The minimum atomic E-state index is -2.38. The third kappa shape index (κ3) is 19.7. The average Bonchev–Trinajstić information content (AvgIpc) is 0.766. The summed E-state index contributed by atoms with van der Waals surface area (Å²) >= 11 is 14.3. The number of likely N-dealkylation sites (N-methyl/N-ethyl adjacent to an activating group) is 1. The van der Waals surface area contributed by atoms with Gasteiger partial charge in [0.1, 0.15) is 95.5 Å². The van der Waals surface area contributed by atoms with E-state index in [1.54, 1.807) is 24.3 Å². The molecule has 2 fully saturated rings. The number of carbonyl (C=O) groups excluding carboxylic acids is 9. The van der Waals surface area contributed by atoms with Crippen molar-refractivity contribution in [2.24, 2.45) is 17.4 Å². The standard InChI is InChI=1S/C82H87Cl2N11O24/c1-35(2)23-49(87-5)74(107)94-65-67(102)40-16-21-53(47(83)25-40)115-55-27-42-28-56(71(55)119-81-72(70(105)69(104)57(34-96)117-81)118-60-32-82(4,86)73(106)36(3)114-60)116-54-22-17-41(26-48(54)84)68(103)66-80(113)93-64(76(109)88-33-59(101)89-43-18-13-38(14-19-43)12-11-37-9-7-6-8-10-37)46-29-44(97)30-52(99)61(46)45-24-39(15-20-51(45)98)62(77(110)95-66)92-78(111)63(42)91-75(108)50(31-58(85)100)90-79(65)112/h6-10,13-22,24-30,35-36,49-50,57,60,62-70,72-73,81,87,96-99,102-106H,23,31-34,86H2,1-5H3,(H2,85,100)(H,88,109)(H,89,101)(H,90,112)(H,91,108)(H,92,111)(H,93,113)(H,94,107)(H,95,110). The van der Waals surface area contributed by atoms with Crippen LogP contribution in [0.1, 0.15) is 116 Å². The Bertz CT molecular complexity index is 5130. The Balaban J connectivity index is 1.03. The van der Waals surface area contributed by atoms with E-state index >= 15 is 19.2 Å². The summed E-state index contributed by atoms with van der Waals surface area (Å²) < 4.78 is 38.6. The van der Waals surface area contributed by atoms with Crippen LogP contribution < -0.4 is 73.5 Å². The Morgan fingerprint density at radius 1 is 0.672 bits per heavy atom. The molecule has 14 rings (SSSR count). The molecule has 11 bridgehead atoms. The van der Waals surface area contributed by atoms with Gasteiger partial charge in [0.15, 0.2) is 23.9 Å². The molecule has 119 heavy (non-hydrogen) atoms. The topological polar surface area (TPSA) is 551 Å². The summed E-state index contributed by atoms with van der Waals surface area (Å²) in [7, 11) is 1.47. The lowest BCUT2D eigenvalue weighted by atomic mass is 9.86. The maximum Gasteiger partial charge on any atom is 0.248 e. The molecule has 9 amide bonds. The molecule has 0 aliphatic carbocycles. The Labute approximate surface area is 689 Å². The van der Waals surface area contributed by atoms with Crippen LogP contribution in [0.2, 0.25) is 10.0 Å². The summed E-state index contributed by atoms with van der Waals surface area (Å²) in [6, 6.07) is 15.0. The van der Waals surface area contributed by atoms with E-state index in [1.807, 2.05) is 44.2 Å². The molecule has 7 aromatic carbocycles. The highest BCUT2D eigenvalue weighted by Crippen LogP contribution is 2.50. The third-order valence-corrected chi connectivity index (χ3v) is 21.1. The molecule has 0 saturated carbocycles. The van der Waals surface area contributed by atoms with E-state index in [2.05, 4.69) is 59.7 Å². The first-order chi connectivity index (χ1) is 56.6. The van der Waals surface area contributed by atoms with Crippen LogP contribution in [0.3, 0.4) is 0 Å². The smallest absolute Gasteiger partial charge is 0.248 e. The molecule has 0 radical (unpaired) electrons. The lowest BCUT2D eigenvalue weighted by Gasteiger charge is -2.47. The molecule has 7 aliphatic heterocycles. The zero-order chi connectivity index (χ0) is 85.7. The van der Waals surface area contributed by atoms with Gasteiger partial charge in [-0.1, -0.05) is 85.3 Å². The van der Waals surface area contributed by atoms with E-state index in [0.717, 1.165) is 72.3 Å². The summed E-state index contributed by atoms with van der Waals surface area (Å²) in [6.07, 6.45) is -18.8. The Morgan fingerprint density at radius 2 is 1.29 bits per heavy atom. The number of hydrogen-bond acceptors (Lipinski definition) is 26. The quantitative estimate of drug-likeness (QED) is 0.0616. The molecule has 7 aromatic rings. The van der Waals surface area contributed by atoms with Gasteiger partial charge in [0.05, 0.1) is 47.9 Å². The minimum Gasteiger partial charge on any atom is -0.508 e. The van der Waals surface area contributed by atoms with Crippen molar-refractivity contribution in [1.82, 2.24) is 42.5 Å². The van der Waals surface area contributed by atoms with Crippen molar-refractivity contribution in [3.05, 3.63) is 182 Å². The van der Waals surface area contributed by atoms with Crippen LogP contribution in [0.25, 0.3) is 11.1 Å². The number of anilines is 1. The number of benzene rings is 7. The molecule has 18 unspecified atom stereocenters. The molecule has 0 spiro atoms. The van der Waals surface area contributed by atoms with Gasteiger partial charge in [-0.2, -0.15) is 0 Å². The van der Waals surface area contributed by atoms with Crippen LogP contribution in [0.4, 0.5) is 5.69 Å². The van der Waals surface area contributed by atoms with E-state index in [-0.39, 0.29) is 51.9 Å². The monoisotopic (exact) mass is 1680 g/mol. The lowest BCUT2D eigenvalue weighted by Crippen LogP contribution is -2.64. The fourth-order valence-electron chi connectivity index (χ4n) is 14.3. The predicted octanol–water partition coefficient (Wildman–Crippen LogP) is 2.18. The maximum absolute atomic E-state index is 16.3. The first kappa shape index (κ1) is 86.6. The zero-order valence-electron chi connectivity index (χ0n) is 64.2. The zero-order valence-corrected chi connectivity index (χ0v) is 65.7. The van der Waals surface area contributed by atoms with Crippen molar-refractivity contribution >= 4 is 82.1 Å². The van der Waals surface area contributed by atoms with Crippen LogP contribution in [0.15, 0.2) is 133 Å². The van der Waals surface area contributed by atoms with Crippen LogP contribution in [-0.4, -0.2) is 198 Å². The number of hydrogen-bond donors (Lipinski definition) is 20. The number of halogens is 2. The maximum atomic E-state index is 16.3. The van der Waals surface area contributed by atoms with Crippen molar-refractivity contribution in [2.45, 2.75) is 156 Å². The number of rotatable bonds is 16. The molecule has 2 saturated heterocycles. The first-order valence-electron chi connectivity index (χ1n) is 37.5. The number of carbonyl (C=O) groups is 9. The number of primary amides is 1. The van der Waals surface area contributed by atoms with Crippen molar-refractivity contribution in [3.63, 3.8) is 0 Å². The number of nitrogens with one attached hydrogen (secondary N) is 9. The minimum absolute atomic E-state index is 0.111. The van der Waals surface area contributed by atoms with Gasteiger partial charge in [0, 0.05) is 46.0 Å². The molecular formula is C82H87Cl2N11O24. The van der Waals surface area contributed by atoms with Crippen molar-refractivity contribution in [3.8, 4) is 69.0 Å². The summed E-state index contributed by atoms with van der Waals surface area (Å²) in [5, 5.41) is 128. The number of phenols is 3. The highest BCUT2D eigenvalue weighted by molar-refractivity contribution is 6.32. The Kier molecular flexibility index (Phi) is 26.7. The second-order valence-corrected chi connectivity index (χ2v) is 30.6. The molecular weight excluding hydrogens is 1590 g/mol. The number of aliphatic hydroxyl groups is 6. The van der Waals surface area contributed by atoms with Gasteiger partial charge in [-0.3, -0.25) is 43.2 Å². The highest BCUT2D eigenvalue weighted by atomic mass is 35.5. The van der Waals surface area contributed by atoms with Gasteiger partial charge in [-0.25, -0.2) is 0 Å². The highest BCUT2D eigenvalue weighted by Gasteiger charge is 2.52. The Hall–Kier alpha value is -11.7. The van der Waals surface area contributed by atoms with Crippen molar-refractivity contribution < 1.29 is 118 Å². The van der Waals surface area contributed by atoms with Gasteiger partial charge in [-0.15, -0.1) is 0 Å². The number of phenolic OH excluding ortho intramolecular Hbond substituents is 3. The SMILES string of the molecule is CNC(CC(C)C)C(=O)NC1C(=O)NC(CC(N)=O)C(=O)NC2C(=O)NC3C(=O)NC(C(=O)NC(C(=O)NCC(=O)Nc4ccc(C#Cc5ccccc5)cc4)c4cc(O)cc(O)c4-c4cc3ccc4O)C(O)c3ccc(c(Cl)c3)Oc3cc2cc(c3OC2OC(CO)C(O)C(O)C2OC2CC(C)(N)C(O)C(C)O2)Oc2ccc(cc2Cl)C1O. The normalized spacial score (nSPS) is 26.5. The number of fused-ring (bicyclic) bond motifs is 15. The fraction of sp³-hybridized carbons (Fsp3) is 0.354. The molecule has 35 nitrogen and oxygen atoms in total.